The van der Waals surface area contributed by atoms with E-state index in [1.54, 1.807) is 0 Å². The molecule has 2 fully saturated rings. The molecule has 0 amide bonds. The van der Waals surface area contributed by atoms with Gasteiger partial charge in [0.15, 0.2) is 0 Å². The molecule has 0 radical (unpaired) electrons. The molecule has 84 valence electrons. The molecule has 3 heteroatoms. The van der Waals surface area contributed by atoms with Crippen LogP contribution in [0.4, 0.5) is 0 Å². The maximum Gasteiger partial charge on any atom is 0.312 e. The lowest BCUT2D eigenvalue weighted by Gasteiger charge is -2.33. The molecule has 0 heterocycles. The quantitative estimate of drug-likeness (QED) is 0.528. The molecule has 0 aromatic carbocycles. The van der Waals surface area contributed by atoms with Gasteiger partial charge in [-0.1, -0.05) is 0 Å². The summed E-state index contributed by atoms with van der Waals surface area (Å²) in [5.74, 6) is 0.590. The summed E-state index contributed by atoms with van der Waals surface area (Å²) in [5, 5.41) is 0. The zero-order valence-electron chi connectivity index (χ0n) is 9.20. The van der Waals surface area contributed by atoms with E-state index in [1.165, 1.54) is 0 Å². The summed E-state index contributed by atoms with van der Waals surface area (Å²) in [4.78, 5) is 22.7. The summed E-state index contributed by atoms with van der Waals surface area (Å²) in [5.41, 5.74) is -0.236. The minimum absolute atomic E-state index is 0.0307. The molecule has 0 N–H and O–H groups in total. The molecule has 3 atom stereocenters. The van der Waals surface area contributed by atoms with E-state index in [9.17, 15) is 9.59 Å². The van der Waals surface area contributed by atoms with Gasteiger partial charge in [0.1, 0.15) is 6.29 Å². The number of rotatable bonds is 3. The number of esters is 1. The second-order valence-electron chi connectivity index (χ2n) is 4.84. The van der Waals surface area contributed by atoms with Gasteiger partial charge in [0.05, 0.1) is 12.0 Å². The Labute approximate surface area is 90.2 Å². The van der Waals surface area contributed by atoms with Crippen LogP contribution in [0.3, 0.4) is 0 Å². The molecule has 2 saturated carbocycles. The zero-order chi connectivity index (χ0) is 10.9. The third kappa shape index (κ3) is 1.68. The van der Waals surface area contributed by atoms with E-state index < -0.39 is 0 Å². The highest BCUT2D eigenvalue weighted by Gasteiger charge is 2.51. The van der Waals surface area contributed by atoms with Crippen molar-refractivity contribution in [2.24, 2.45) is 17.3 Å². The molecule has 0 spiro atoms. The van der Waals surface area contributed by atoms with Gasteiger partial charge in [-0.15, -0.1) is 0 Å². The topological polar surface area (TPSA) is 43.4 Å². The molecule has 3 nitrogen and oxygen atoms in total. The molecule has 2 aliphatic carbocycles. The minimum Gasteiger partial charge on any atom is -0.466 e. The van der Waals surface area contributed by atoms with Gasteiger partial charge in [-0.2, -0.15) is 0 Å². The van der Waals surface area contributed by atoms with Crippen LogP contribution in [-0.2, 0) is 14.3 Å². The summed E-state index contributed by atoms with van der Waals surface area (Å²) >= 11 is 0. The Morgan fingerprint density at radius 2 is 2.20 bits per heavy atom. The van der Waals surface area contributed by atoms with Gasteiger partial charge in [0.25, 0.3) is 0 Å². The lowest BCUT2D eigenvalue weighted by Crippen LogP contribution is -2.35. The van der Waals surface area contributed by atoms with Crippen LogP contribution in [0.15, 0.2) is 0 Å². The van der Waals surface area contributed by atoms with Crippen LogP contribution < -0.4 is 0 Å². The maximum absolute atomic E-state index is 11.9. The fourth-order valence-electron chi connectivity index (χ4n) is 3.19. The molecule has 3 unspecified atom stereocenters. The fourth-order valence-corrected chi connectivity index (χ4v) is 3.19. The summed E-state index contributed by atoms with van der Waals surface area (Å²) in [6, 6.07) is 0. The first-order chi connectivity index (χ1) is 7.22. The van der Waals surface area contributed by atoms with Gasteiger partial charge in [0.2, 0.25) is 0 Å². The standard InChI is InChI=1S/C12H18O3/c1-2-15-11(14)12-5-3-9(7-12)10(8-13)4-6-12/h8-10H,2-7H2,1H3. The lowest BCUT2D eigenvalue weighted by atomic mass is 9.71. The van der Waals surface area contributed by atoms with Crippen molar-refractivity contribution in [3.05, 3.63) is 0 Å². The average Bonchev–Trinajstić information content (AvgIpc) is 2.59. The van der Waals surface area contributed by atoms with Crippen LogP contribution in [0.25, 0.3) is 0 Å². The van der Waals surface area contributed by atoms with E-state index >= 15 is 0 Å². The Bertz CT molecular complexity index is 274. The van der Waals surface area contributed by atoms with E-state index in [4.69, 9.17) is 4.74 Å². The molecule has 0 aromatic rings. The Hall–Kier alpha value is -0.860. The van der Waals surface area contributed by atoms with Gasteiger partial charge < -0.3 is 9.53 Å². The number of carbonyl (C=O) groups excluding carboxylic acids is 2. The summed E-state index contributed by atoms with van der Waals surface area (Å²) in [6.07, 6.45) is 5.59. The summed E-state index contributed by atoms with van der Waals surface area (Å²) in [7, 11) is 0. The average molecular weight is 210 g/mol. The zero-order valence-corrected chi connectivity index (χ0v) is 9.20. The fraction of sp³-hybridized carbons (Fsp3) is 0.833. The summed E-state index contributed by atoms with van der Waals surface area (Å²) < 4.78 is 5.14. The molecule has 0 aromatic heterocycles. The van der Waals surface area contributed by atoms with E-state index in [0.29, 0.717) is 12.5 Å². The van der Waals surface area contributed by atoms with Gasteiger partial charge in [-0.3, -0.25) is 4.79 Å². The Balaban J connectivity index is 2.08. The van der Waals surface area contributed by atoms with Crippen molar-refractivity contribution in [1.29, 1.82) is 0 Å². The van der Waals surface area contributed by atoms with Crippen molar-refractivity contribution in [2.75, 3.05) is 6.61 Å². The molecule has 2 aliphatic rings. The van der Waals surface area contributed by atoms with Gasteiger partial charge >= 0.3 is 5.97 Å². The van der Waals surface area contributed by atoms with Crippen LogP contribution in [-0.4, -0.2) is 18.9 Å². The van der Waals surface area contributed by atoms with Crippen molar-refractivity contribution in [3.8, 4) is 0 Å². The summed E-state index contributed by atoms with van der Waals surface area (Å²) in [6.45, 7) is 2.31. The third-order valence-corrected chi connectivity index (χ3v) is 4.09. The Morgan fingerprint density at radius 1 is 1.47 bits per heavy atom. The SMILES string of the molecule is CCOC(=O)C12CCC(C=O)C(CC1)C2. The van der Waals surface area contributed by atoms with Gasteiger partial charge in [-0.05, 0) is 44.9 Å². The Morgan fingerprint density at radius 3 is 2.87 bits per heavy atom. The smallest absolute Gasteiger partial charge is 0.312 e. The molecular weight excluding hydrogens is 192 g/mol. The first kappa shape index (κ1) is 10.7. The second-order valence-corrected chi connectivity index (χ2v) is 4.84. The number of aldehydes is 1. The number of ether oxygens (including phenoxy) is 1. The first-order valence-corrected chi connectivity index (χ1v) is 5.84. The van der Waals surface area contributed by atoms with Crippen LogP contribution in [0, 0.1) is 17.3 Å². The van der Waals surface area contributed by atoms with E-state index in [0.717, 1.165) is 38.4 Å². The van der Waals surface area contributed by atoms with E-state index in [-0.39, 0.29) is 17.3 Å². The highest BCUT2D eigenvalue weighted by molar-refractivity contribution is 5.78. The van der Waals surface area contributed by atoms with Crippen molar-refractivity contribution in [1.82, 2.24) is 0 Å². The molecule has 15 heavy (non-hydrogen) atoms. The van der Waals surface area contributed by atoms with Crippen molar-refractivity contribution < 1.29 is 14.3 Å². The van der Waals surface area contributed by atoms with Crippen LogP contribution in [0.1, 0.15) is 39.0 Å². The predicted octanol–water partition coefficient (Wildman–Crippen LogP) is 1.94. The number of hydrogen-bond donors (Lipinski definition) is 0. The van der Waals surface area contributed by atoms with Crippen molar-refractivity contribution in [2.45, 2.75) is 39.0 Å². The van der Waals surface area contributed by atoms with Crippen molar-refractivity contribution in [3.63, 3.8) is 0 Å². The highest BCUT2D eigenvalue weighted by Crippen LogP contribution is 2.53. The third-order valence-electron chi connectivity index (χ3n) is 4.09. The maximum atomic E-state index is 11.9. The van der Waals surface area contributed by atoms with Gasteiger partial charge in [0, 0.05) is 5.92 Å². The highest BCUT2D eigenvalue weighted by atomic mass is 16.5. The van der Waals surface area contributed by atoms with Crippen LogP contribution >= 0.6 is 0 Å². The molecule has 2 rings (SSSR count). The largest absolute Gasteiger partial charge is 0.466 e. The molecular formula is C12H18O3. The van der Waals surface area contributed by atoms with E-state index in [1.807, 2.05) is 6.92 Å². The normalized spacial score (nSPS) is 38.7. The van der Waals surface area contributed by atoms with E-state index in [2.05, 4.69) is 0 Å². The lowest BCUT2D eigenvalue weighted by molar-refractivity contribution is -0.157. The Kier molecular flexibility index (Phi) is 2.81. The number of hydrogen-bond acceptors (Lipinski definition) is 3. The molecule has 2 bridgehead atoms. The first-order valence-electron chi connectivity index (χ1n) is 5.84. The van der Waals surface area contributed by atoms with Gasteiger partial charge in [-0.25, -0.2) is 0 Å². The van der Waals surface area contributed by atoms with Crippen molar-refractivity contribution >= 4 is 12.3 Å². The molecule has 0 saturated heterocycles. The monoisotopic (exact) mass is 210 g/mol. The predicted molar refractivity (Wildman–Crippen MR) is 55.2 cm³/mol. The minimum atomic E-state index is -0.236. The number of fused-ring (bicyclic) bond motifs is 2. The number of carbonyl (C=O) groups is 2. The molecule has 0 aliphatic heterocycles. The van der Waals surface area contributed by atoms with Crippen LogP contribution in [0.5, 0.6) is 0 Å². The second kappa shape index (κ2) is 3.95. The van der Waals surface area contributed by atoms with Crippen LogP contribution in [0.2, 0.25) is 0 Å².